The molecule has 0 fully saturated rings. The Hall–Kier alpha value is -2.44. The fourth-order valence-electron chi connectivity index (χ4n) is 1.34. The second-order valence-corrected chi connectivity index (χ2v) is 3.51. The van der Waals surface area contributed by atoms with E-state index in [1.54, 1.807) is 6.92 Å². The van der Waals surface area contributed by atoms with Gasteiger partial charge >= 0.3 is 5.97 Å². The quantitative estimate of drug-likeness (QED) is 0.892. The minimum absolute atomic E-state index is 0.115. The molecule has 0 atom stereocenters. The molecule has 0 unspecified atom stereocenters. The molecule has 94 valence electrons. The van der Waals surface area contributed by atoms with E-state index in [9.17, 15) is 9.18 Å². The summed E-state index contributed by atoms with van der Waals surface area (Å²) in [7, 11) is 0. The average molecular weight is 252 g/mol. The van der Waals surface area contributed by atoms with E-state index in [2.05, 4.69) is 14.9 Å². The van der Waals surface area contributed by atoms with Gasteiger partial charge in [0, 0.05) is 0 Å². The number of aryl methyl sites for hydroxylation is 1. The molecule has 0 aliphatic rings. The predicted molar refractivity (Wildman–Crippen MR) is 56.7 cm³/mol. The van der Waals surface area contributed by atoms with Crippen LogP contribution in [-0.4, -0.2) is 21.4 Å². The van der Waals surface area contributed by atoms with Crippen molar-refractivity contribution in [3.05, 3.63) is 41.0 Å². The lowest BCUT2D eigenvalue weighted by atomic mass is 10.2. The molecule has 1 N–H and O–H groups in total. The van der Waals surface area contributed by atoms with Crippen molar-refractivity contribution in [2.24, 2.45) is 0 Å². The van der Waals surface area contributed by atoms with Gasteiger partial charge in [-0.3, -0.25) is 0 Å². The molecule has 7 heteroatoms. The average Bonchev–Trinajstić information content (AvgIpc) is 2.73. The van der Waals surface area contributed by atoms with E-state index in [0.29, 0.717) is 11.4 Å². The van der Waals surface area contributed by atoms with Crippen molar-refractivity contribution >= 4 is 5.97 Å². The maximum atomic E-state index is 13.5. The number of benzene rings is 1. The predicted octanol–water partition coefficient (Wildman–Crippen LogP) is 1.79. The fourth-order valence-corrected chi connectivity index (χ4v) is 1.34. The van der Waals surface area contributed by atoms with E-state index in [4.69, 9.17) is 9.84 Å². The molecule has 2 aromatic rings. The molecule has 0 aliphatic heterocycles. The zero-order valence-corrected chi connectivity index (χ0v) is 9.38. The normalized spacial score (nSPS) is 10.3. The molecule has 2 rings (SSSR count). The molecule has 1 aromatic heterocycles. The highest BCUT2D eigenvalue weighted by molar-refractivity contribution is 5.90. The van der Waals surface area contributed by atoms with E-state index in [-0.39, 0.29) is 17.9 Å². The van der Waals surface area contributed by atoms with Crippen LogP contribution >= 0.6 is 0 Å². The lowest BCUT2D eigenvalue weighted by molar-refractivity contribution is 0.0690. The number of nitrogens with zero attached hydrogens (tertiary/aromatic N) is 2. The van der Waals surface area contributed by atoms with Gasteiger partial charge in [0.1, 0.15) is 23.6 Å². The van der Waals surface area contributed by atoms with Crippen LogP contribution in [0.3, 0.4) is 0 Å². The number of para-hydroxylation sites is 1. The number of aromatic nitrogens is 2. The number of carbonyl (C=O) groups is 1. The SMILES string of the molecule is Cc1nonc1COc1c(F)cccc1C(=O)O. The van der Waals surface area contributed by atoms with Gasteiger partial charge in [-0.05, 0) is 19.1 Å². The molecule has 0 aliphatic carbocycles. The van der Waals surface area contributed by atoms with Crippen molar-refractivity contribution in [2.75, 3.05) is 0 Å². The number of rotatable bonds is 4. The monoisotopic (exact) mass is 252 g/mol. The molecule has 18 heavy (non-hydrogen) atoms. The first-order valence-corrected chi connectivity index (χ1v) is 5.02. The van der Waals surface area contributed by atoms with Gasteiger partial charge in [0.2, 0.25) is 0 Å². The van der Waals surface area contributed by atoms with Gasteiger partial charge in [-0.2, -0.15) is 0 Å². The van der Waals surface area contributed by atoms with Gasteiger partial charge in [-0.15, -0.1) is 0 Å². The van der Waals surface area contributed by atoms with Crippen LogP contribution in [0.25, 0.3) is 0 Å². The standard InChI is InChI=1S/C11H9FN2O4/c1-6-9(14-18-13-6)5-17-10-7(11(15)16)3-2-4-8(10)12/h2-4H,5H2,1H3,(H,15,16). The molecule has 0 spiro atoms. The van der Waals surface area contributed by atoms with Gasteiger partial charge in [-0.25, -0.2) is 13.8 Å². The first-order valence-electron chi connectivity index (χ1n) is 5.02. The van der Waals surface area contributed by atoms with Gasteiger partial charge in [0.15, 0.2) is 11.6 Å². The smallest absolute Gasteiger partial charge is 0.339 e. The third-order valence-corrected chi connectivity index (χ3v) is 2.30. The first kappa shape index (κ1) is 12.0. The summed E-state index contributed by atoms with van der Waals surface area (Å²) in [5.41, 5.74) is 0.641. The Morgan fingerprint density at radius 2 is 2.28 bits per heavy atom. The van der Waals surface area contributed by atoms with Crippen molar-refractivity contribution in [2.45, 2.75) is 13.5 Å². The molecule has 6 nitrogen and oxygen atoms in total. The van der Waals surface area contributed by atoms with Crippen LogP contribution in [0, 0.1) is 12.7 Å². The van der Waals surface area contributed by atoms with Gasteiger partial charge in [0.25, 0.3) is 0 Å². The van der Waals surface area contributed by atoms with Crippen LogP contribution in [0.1, 0.15) is 21.7 Å². The van der Waals surface area contributed by atoms with Crippen molar-refractivity contribution in [3.63, 3.8) is 0 Å². The summed E-state index contributed by atoms with van der Waals surface area (Å²) in [6.07, 6.45) is 0. The van der Waals surface area contributed by atoms with Crippen LogP contribution in [0.15, 0.2) is 22.8 Å². The highest BCUT2D eigenvalue weighted by atomic mass is 19.1. The topological polar surface area (TPSA) is 85.5 Å². The Morgan fingerprint density at radius 3 is 2.89 bits per heavy atom. The zero-order chi connectivity index (χ0) is 13.1. The van der Waals surface area contributed by atoms with Crippen molar-refractivity contribution in [1.29, 1.82) is 0 Å². The second-order valence-electron chi connectivity index (χ2n) is 3.51. The number of carboxylic acids is 1. The van der Waals surface area contributed by atoms with E-state index >= 15 is 0 Å². The Morgan fingerprint density at radius 1 is 1.50 bits per heavy atom. The molecule has 0 bridgehead atoms. The maximum Gasteiger partial charge on any atom is 0.339 e. The lowest BCUT2D eigenvalue weighted by Crippen LogP contribution is -2.06. The number of aromatic carboxylic acids is 1. The van der Waals surface area contributed by atoms with Crippen molar-refractivity contribution < 1.29 is 23.7 Å². The highest BCUT2D eigenvalue weighted by Gasteiger charge is 2.17. The fraction of sp³-hybridized carbons (Fsp3) is 0.182. The molecular formula is C11H9FN2O4. The molecule has 1 heterocycles. The van der Waals surface area contributed by atoms with Crippen LogP contribution in [-0.2, 0) is 6.61 Å². The highest BCUT2D eigenvalue weighted by Crippen LogP contribution is 2.23. The number of hydrogen-bond acceptors (Lipinski definition) is 5. The summed E-state index contributed by atoms with van der Waals surface area (Å²) < 4.78 is 23.1. The number of ether oxygens (including phenoxy) is 1. The van der Waals surface area contributed by atoms with Crippen LogP contribution in [0.2, 0.25) is 0 Å². The molecular weight excluding hydrogens is 243 g/mol. The zero-order valence-electron chi connectivity index (χ0n) is 9.38. The lowest BCUT2D eigenvalue weighted by Gasteiger charge is -2.08. The molecule has 0 saturated heterocycles. The summed E-state index contributed by atoms with van der Waals surface area (Å²) >= 11 is 0. The second kappa shape index (κ2) is 4.82. The molecule has 0 saturated carbocycles. The molecule has 0 radical (unpaired) electrons. The Balaban J connectivity index is 2.24. The number of halogens is 1. The third-order valence-electron chi connectivity index (χ3n) is 2.30. The summed E-state index contributed by atoms with van der Waals surface area (Å²) in [6, 6.07) is 3.68. The van der Waals surface area contributed by atoms with Gasteiger partial charge in [-0.1, -0.05) is 16.4 Å². The van der Waals surface area contributed by atoms with Crippen LogP contribution < -0.4 is 4.74 Å². The summed E-state index contributed by atoms with van der Waals surface area (Å²) in [6.45, 7) is 1.53. The Labute approximate surface area is 101 Å². The third kappa shape index (κ3) is 2.29. The van der Waals surface area contributed by atoms with Crippen molar-refractivity contribution in [3.8, 4) is 5.75 Å². The van der Waals surface area contributed by atoms with Gasteiger partial charge in [0.05, 0.1) is 0 Å². The number of carboxylic acid groups (broad SMARTS) is 1. The van der Waals surface area contributed by atoms with E-state index < -0.39 is 11.8 Å². The van der Waals surface area contributed by atoms with E-state index in [0.717, 1.165) is 6.07 Å². The summed E-state index contributed by atoms with van der Waals surface area (Å²) in [4.78, 5) is 10.9. The first-order chi connectivity index (χ1) is 8.59. The minimum atomic E-state index is -1.26. The number of hydrogen-bond donors (Lipinski definition) is 1. The van der Waals surface area contributed by atoms with E-state index in [1.807, 2.05) is 0 Å². The van der Waals surface area contributed by atoms with E-state index in [1.165, 1.54) is 12.1 Å². The molecule has 1 aromatic carbocycles. The summed E-state index contributed by atoms with van der Waals surface area (Å²) in [5, 5.41) is 16.0. The summed E-state index contributed by atoms with van der Waals surface area (Å²) in [5.74, 6) is -2.34. The Bertz CT molecular complexity index is 582. The largest absolute Gasteiger partial charge is 0.483 e. The van der Waals surface area contributed by atoms with Crippen molar-refractivity contribution in [1.82, 2.24) is 10.3 Å². The van der Waals surface area contributed by atoms with Gasteiger partial charge < -0.3 is 9.84 Å². The minimum Gasteiger partial charge on any atom is -0.483 e. The van der Waals surface area contributed by atoms with Crippen LogP contribution in [0.5, 0.6) is 5.75 Å². The Kier molecular flexibility index (Phi) is 3.22. The van der Waals surface area contributed by atoms with Crippen LogP contribution in [0.4, 0.5) is 4.39 Å². The molecule has 0 amide bonds. The maximum absolute atomic E-state index is 13.5.